The van der Waals surface area contributed by atoms with Gasteiger partial charge in [0.1, 0.15) is 0 Å². The Balaban J connectivity index is 2.43. The predicted octanol–water partition coefficient (Wildman–Crippen LogP) is 2.95. The summed E-state index contributed by atoms with van der Waals surface area (Å²) in [6.45, 7) is 2.26. The Morgan fingerprint density at radius 2 is 2.50 bits per heavy atom. The molecule has 0 aliphatic heterocycles. The SMILES string of the molecule is CC1C=Cc2sccc2C1. The lowest BCUT2D eigenvalue weighted by atomic mass is 9.97. The first-order valence-electron chi connectivity index (χ1n) is 3.61. The van der Waals surface area contributed by atoms with Crippen LogP contribution in [0.5, 0.6) is 0 Å². The molecule has 0 fully saturated rings. The number of rotatable bonds is 0. The van der Waals surface area contributed by atoms with Crippen molar-refractivity contribution in [3.05, 3.63) is 28.0 Å². The summed E-state index contributed by atoms with van der Waals surface area (Å²) < 4.78 is 0. The highest BCUT2D eigenvalue weighted by Gasteiger charge is 2.09. The van der Waals surface area contributed by atoms with Crippen molar-refractivity contribution < 1.29 is 0 Å². The maximum Gasteiger partial charge on any atom is 0.0299 e. The molecule has 1 aromatic rings. The first-order valence-corrected chi connectivity index (χ1v) is 4.49. The molecule has 0 amide bonds. The van der Waals surface area contributed by atoms with Gasteiger partial charge in [0.25, 0.3) is 0 Å². The van der Waals surface area contributed by atoms with Crippen LogP contribution < -0.4 is 0 Å². The summed E-state index contributed by atoms with van der Waals surface area (Å²) in [6.07, 6.45) is 5.77. The van der Waals surface area contributed by atoms with E-state index in [4.69, 9.17) is 0 Å². The quantitative estimate of drug-likeness (QED) is 0.533. The third-order valence-electron chi connectivity index (χ3n) is 1.90. The summed E-state index contributed by atoms with van der Waals surface area (Å²) in [5.41, 5.74) is 1.53. The van der Waals surface area contributed by atoms with Crippen molar-refractivity contribution in [2.75, 3.05) is 0 Å². The second-order valence-corrected chi connectivity index (χ2v) is 3.80. The van der Waals surface area contributed by atoms with Crippen molar-refractivity contribution >= 4 is 17.4 Å². The number of allylic oxidation sites excluding steroid dienone is 1. The summed E-state index contributed by atoms with van der Waals surface area (Å²) in [4.78, 5) is 1.46. The molecule has 0 spiro atoms. The highest BCUT2D eigenvalue weighted by atomic mass is 32.1. The molecule has 1 aliphatic rings. The molecule has 0 radical (unpaired) electrons. The Morgan fingerprint density at radius 1 is 1.60 bits per heavy atom. The van der Waals surface area contributed by atoms with Gasteiger partial charge in [-0.15, -0.1) is 11.3 Å². The van der Waals surface area contributed by atoms with E-state index in [2.05, 4.69) is 30.5 Å². The summed E-state index contributed by atoms with van der Waals surface area (Å²) >= 11 is 1.84. The molecule has 1 aliphatic carbocycles. The Labute approximate surface area is 65.2 Å². The van der Waals surface area contributed by atoms with Gasteiger partial charge in [0.05, 0.1) is 0 Å². The van der Waals surface area contributed by atoms with Crippen LogP contribution in [0.1, 0.15) is 17.4 Å². The maximum absolute atomic E-state index is 2.29. The van der Waals surface area contributed by atoms with Crippen molar-refractivity contribution in [3.63, 3.8) is 0 Å². The molecule has 0 saturated heterocycles. The van der Waals surface area contributed by atoms with E-state index in [1.165, 1.54) is 16.9 Å². The molecule has 52 valence electrons. The fourth-order valence-electron chi connectivity index (χ4n) is 1.33. The van der Waals surface area contributed by atoms with Crippen LogP contribution in [0.3, 0.4) is 0 Å². The number of thiophene rings is 1. The molecule has 0 bridgehead atoms. The molecule has 2 rings (SSSR count). The summed E-state index contributed by atoms with van der Waals surface area (Å²) in [6, 6.07) is 2.24. The van der Waals surface area contributed by atoms with Gasteiger partial charge in [-0.25, -0.2) is 0 Å². The van der Waals surface area contributed by atoms with E-state index < -0.39 is 0 Å². The first-order chi connectivity index (χ1) is 4.86. The van der Waals surface area contributed by atoms with E-state index in [0.717, 1.165) is 5.92 Å². The highest BCUT2D eigenvalue weighted by molar-refractivity contribution is 7.11. The zero-order valence-corrected chi connectivity index (χ0v) is 6.82. The maximum atomic E-state index is 2.29. The molecule has 0 nitrogen and oxygen atoms in total. The standard InChI is InChI=1S/C9H10S/c1-7-2-3-9-8(6-7)4-5-10-9/h2-5,7H,6H2,1H3. The van der Waals surface area contributed by atoms with Crippen molar-refractivity contribution in [1.82, 2.24) is 0 Å². The van der Waals surface area contributed by atoms with E-state index in [-0.39, 0.29) is 0 Å². The van der Waals surface area contributed by atoms with Gasteiger partial charge < -0.3 is 0 Å². The molecule has 0 aromatic carbocycles. The summed E-state index contributed by atoms with van der Waals surface area (Å²) in [7, 11) is 0. The second-order valence-electron chi connectivity index (χ2n) is 2.85. The van der Waals surface area contributed by atoms with Gasteiger partial charge in [0.15, 0.2) is 0 Å². The number of fused-ring (bicyclic) bond motifs is 1. The minimum atomic E-state index is 0.738. The van der Waals surface area contributed by atoms with Crippen LogP contribution in [-0.4, -0.2) is 0 Å². The largest absolute Gasteiger partial charge is 0.144 e. The van der Waals surface area contributed by atoms with E-state index in [0.29, 0.717) is 0 Å². The Hall–Kier alpha value is -0.560. The van der Waals surface area contributed by atoms with Gasteiger partial charge in [0.2, 0.25) is 0 Å². The van der Waals surface area contributed by atoms with Crippen LogP contribution in [0.4, 0.5) is 0 Å². The molecule has 1 unspecified atom stereocenters. The third-order valence-corrected chi connectivity index (χ3v) is 2.82. The molecule has 1 heteroatoms. The predicted molar refractivity (Wildman–Crippen MR) is 46.2 cm³/mol. The number of hydrogen-bond acceptors (Lipinski definition) is 1. The number of hydrogen-bond donors (Lipinski definition) is 0. The fraction of sp³-hybridized carbons (Fsp3) is 0.333. The molecule has 1 aromatic heterocycles. The third kappa shape index (κ3) is 0.907. The smallest absolute Gasteiger partial charge is 0.0299 e. The Bertz CT molecular complexity index is 257. The van der Waals surface area contributed by atoms with Crippen molar-refractivity contribution in [2.24, 2.45) is 5.92 Å². The Morgan fingerprint density at radius 3 is 3.40 bits per heavy atom. The zero-order valence-electron chi connectivity index (χ0n) is 6.00. The van der Waals surface area contributed by atoms with Crippen LogP contribution in [-0.2, 0) is 6.42 Å². The van der Waals surface area contributed by atoms with Crippen molar-refractivity contribution in [3.8, 4) is 0 Å². The summed E-state index contributed by atoms with van der Waals surface area (Å²) in [5, 5.41) is 2.17. The van der Waals surface area contributed by atoms with Gasteiger partial charge in [-0.1, -0.05) is 13.0 Å². The highest BCUT2D eigenvalue weighted by Crippen LogP contribution is 2.26. The molecule has 0 N–H and O–H groups in total. The molecule has 1 atom stereocenters. The molecule has 0 saturated carbocycles. The molecular weight excluding hydrogens is 140 g/mol. The van der Waals surface area contributed by atoms with Gasteiger partial charge in [-0.05, 0) is 35.4 Å². The van der Waals surface area contributed by atoms with Crippen molar-refractivity contribution in [1.29, 1.82) is 0 Å². The molecular formula is C9H10S. The Kier molecular flexibility index (Phi) is 1.38. The normalized spacial score (nSPS) is 22.7. The van der Waals surface area contributed by atoms with Crippen LogP contribution in [0.15, 0.2) is 17.5 Å². The van der Waals surface area contributed by atoms with Crippen LogP contribution in [0.2, 0.25) is 0 Å². The summed E-state index contributed by atoms with van der Waals surface area (Å²) in [5.74, 6) is 0.738. The van der Waals surface area contributed by atoms with E-state index in [1.807, 2.05) is 11.3 Å². The second kappa shape index (κ2) is 2.24. The van der Waals surface area contributed by atoms with Gasteiger partial charge in [-0.3, -0.25) is 0 Å². The van der Waals surface area contributed by atoms with Gasteiger partial charge in [-0.2, -0.15) is 0 Å². The monoisotopic (exact) mass is 150 g/mol. The minimum Gasteiger partial charge on any atom is -0.144 e. The van der Waals surface area contributed by atoms with E-state index in [9.17, 15) is 0 Å². The zero-order chi connectivity index (χ0) is 6.97. The van der Waals surface area contributed by atoms with E-state index in [1.54, 1.807) is 0 Å². The molecule has 1 heterocycles. The fourth-order valence-corrected chi connectivity index (χ4v) is 2.17. The van der Waals surface area contributed by atoms with Crippen LogP contribution in [0.25, 0.3) is 6.08 Å². The van der Waals surface area contributed by atoms with Gasteiger partial charge in [0, 0.05) is 4.88 Å². The lowest BCUT2D eigenvalue weighted by Crippen LogP contribution is -1.99. The average molecular weight is 150 g/mol. The topological polar surface area (TPSA) is 0 Å². The lowest BCUT2D eigenvalue weighted by Gasteiger charge is -2.10. The van der Waals surface area contributed by atoms with E-state index >= 15 is 0 Å². The lowest BCUT2D eigenvalue weighted by molar-refractivity contribution is 0.720. The first kappa shape index (κ1) is 6.17. The van der Waals surface area contributed by atoms with Gasteiger partial charge >= 0.3 is 0 Å². The van der Waals surface area contributed by atoms with Crippen molar-refractivity contribution in [2.45, 2.75) is 13.3 Å². The molecule has 10 heavy (non-hydrogen) atoms. The van der Waals surface area contributed by atoms with Crippen LogP contribution >= 0.6 is 11.3 Å². The van der Waals surface area contributed by atoms with Crippen LogP contribution in [0, 0.1) is 5.92 Å². The average Bonchev–Trinajstić information content (AvgIpc) is 2.33. The minimum absolute atomic E-state index is 0.738.